The minimum absolute atomic E-state index is 0.00809. The van der Waals surface area contributed by atoms with Crippen LogP contribution in [0.5, 0.6) is 0 Å². The summed E-state index contributed by atoms with van der Waals surface area (Å²) < 4.78 is 123. The van der Waals surface area contributed by atoms with E-state index >= 15 is 0 Å². The van der Waals surface area contributed by atoms with Gasteiger partial charge in [0.05, 0.1) is 17.8 Å². The van der Waals surface area contributed by atoms with Crippen molar-refractivity contribution in [3.63, 3.8) is 0 Å². The second-order valence-corrected chi connectivity index (χ2v) is 10.7. The maximum Gasteiger partial charge on any atom is 0.136 e. The molecular weight excluding hydrogens is 544 g/mol. The molecule has 8 aromatic carbocycles. The van der Waals surface area contributed by atoms with E-state index in [2.05, 4.69) is 0 Å². The van der Waals surface area contributed by atoms with E-state index in [4.69, 9.17) is 16.8 Å². The third-order valence-electron chi connectivity index (χ3n) is 8.21. The quantitative estimate of drug-likeness (QED) is 0.187. The Morgan fingerprint density at radius 3 is 1.60 bits per heavy atom. The van der Waals surface area contributed by atoms with Gasteiger partial charge in [0.25, 0.3) is 0 Å². The summed E-state index contributed by atoms with van der Waals surface area (Å²) in [5.41, 5.74) is 3.02. The summed E-state index contributed by atoms with van der Waals surface area (Å²) in [5.74, 6) is 0. The smallest absolute Gasteiger partial charge is 0.136 e. The lowest BCUT2D eigenvalue weighted by atomic mass is 9.82. The van der Waals surface area contributed by atoms with Crippen molar-refractivity contribution in [2.45, 2.75) is 0 Å². The molecular formula is C44H28O. The van der Waals surface area contributed by atoms with Crippen molar-refractivity contribution in [2.75, 3.05) is 0 Å². The molecule has 0 aliphatic rings. The van der Waals surface area contributed by atoms with Gasteiger partial charge in [0.15, 0.2) is 0 Å². The Bertz CT molecular complexity index is 3150. The van der Waals surface area contributed by atoms with Gasteiger partial charge in [-0.2, -0.15) is 0 Å². The minimum atomic E-state index is -0.601. The number of benzene rings is 8. The average Bonchev–Trinajstić information content (AvgIpc) is 3.61. The van der Waals surface area contributed by atoms with Crippen LogP contribution in [0.1, 0.15) is 17.8 Å². The summed E-state index contributed by atoms with van der Waals surface area (Å²) in [6, 6.07) is 19.6. The second-order valence-electron chi connectivity index (χ2n) is 10.7. The SMILES string of the molecule is [2H]c1c([2H])c([2H])c(-c2ccccc2-c2c3c([2H])c([2H])c([2H])c([2H])c3c(-c3cc4c(cc3-c3ccccc3)oc3ccccc34)c3c([2H])c([2H])c([2H])c([2H])c23)c([2H])c1[2H]. The summed E-state index contributed by atoms with van der Waals surface area (Å²) in [6.07, 6.45) is 0. The van der Waals surface area contributed by atoms with Crippen LogP contribution in [0.4, 0.5) is 0 Å². The molecule has 1 nitrogen and oxygen atoms in total. The number of rotatable bonds is 4. The maximum absolute atomic E-state index is 9.54. The normalized spacial score (nSPS) is 15.6. The van der Waals surface area contributed by atoms with Crippen LogP contribution in [-0.2, 0) is 0 Å². The van der Waals surface area contributed by atoms with Crippen LogP contribution in [0.25, 0.3) is 88.0 Å². The Kier molecular flexibility index (Phi) is 3.62. The average molecular weight is 586 g/mol. The molecule has 0 aliphatic carbocycles. The third kappa shape index (κ3) is 4.09. The second kappa shape index (κ2) is 10.4. The van der Waals surface area contributed by atoms with Gasteiger partial charge in [-0.05, 0) is 84.3 Å². The molecule has 0 bridgehead atoms. The Balaban J connectivity index is 1.59. The zero-order chi connectivity index (χ0) is 41.1. The number of hydrogen-bond acceptors (Lipinski definition) is 1. The van der Waals surface area contributed by atoms with E-state index < -0.39 is 78.6 Å². The molecule has 45 heavy (non-hydrogen) atoms. The molecule has 1 heteroatoms. The number of furan rings is 1. The molecule has 9 rings (SSSR count). The largest absolute Gasteiger partial charge is 0.456 e. The van der Waals surface area contributed by atoms with Gasteiger partial charge in [-0.25, -0.2) is 0 Å². The van der Waals surface area contributed by atoms with Gasteiger partial charge in [0.1, 0.15) is 11.2 Å². The number of para-hydroxylation sites is 1. The van der Waals surface area contributed by atoms with Gasteiger partial charge >= 0.3 is 0 Å². The molecule has 0 saturated carbocycles. The lowest BCUT2D eigenvalue weighted by molar-refractivity contribution is 0.669. The molecule has 0 atom stereocenters. The first kappa shape index (κ1) is 15.7. The monoisotopic (exact) mass is 585 g/mol. The fourth-order valence-electron chi connectivity index (χ4n) is 6.30. The van der Waals surface area contributed by atoms with Crippen molar-refractivity contribution in [1.29, 1.82) is 0 Å². The van der Waals surface area contributed by atoms with Crippen molar-refractivity contribution in [3.8, 4) is 44.5 Å². The van der Waals surface area contributed by atoms with Gasteiger partial charge < -0.3 is 4.42 Å². The first-order chi connectivity index (χ1) is 27.7. The standard InChI is InChI=1S/C44H28O/c1-3-15-29(16-4-1)31-19-7-8-21-33(31)43-34-22-9-11-24-36(34)44(37-25-12-10-23-35(37)43)40-27-39-32-20-13-14-26-41(32)45-42(39)28-38(40)30-17-5-2-6-18-30/h1-28H/i1D,3D,4D,9D,10D,11D,12D,15D,16D,22D,23D,24D,25D. The summed E-state index contributed by atoms with van der Waals surface area (Å²) >= 11 is 0. The molecule has 1 aromatic heterocycles. The third-order valence-corrected chi connectivity index (χ3v) is 8.21. The summed E-state index contributed by atoms with van der Waals surface area (Å²) in [7, 11) is 0. The Morgan fingerprint density at radius 2 is 0.911 bits per heavy atom. The predicted molar refractivity (Wildman–Crippen MR) is 190 cm³/mol. The van der Waals surface area contributed by atoms with Crippen LogP contribution in [0.2, 0.25) is 0 Å². The molecule has 1 heterocycles. The van der Waals surface area contributed by atoms with Crippen LogP contribution in [-0.4, -0.2) is 0 Å². The van der Waals surface area contributed by atoms with E-state index in [9.17, 15) is 5.48 Å². The van der Waals surface area contributed by atoms with Crippen LogP contribution in [0.3, 0.4) is 0 Å². The van der Waals surface area contributed by atoms with Gasteiger partial charge in [0, 0.05) is 10.8 Å². The highest BCUT2D eigenvalue weighted by Crippen LogP contribution is 2.49. The van der Waals surface area contributed by atoms with Crippen LogP contribution in [0, 0.1) is 0 Å². The fourth-order valence-corrected chi connectivity index (χ4v) is 6.30. The highest BCUT2D eigenvalue weighted by atomic mass is 16.3. The van der Waals surface area contributed by atoms with Crippen LogP contribution in [0.15, 0.2) is 174 Å². The van der Waals surface area contributed by atoms with Crippen LogP contribution < -0.4 is 0 Å². The van der Waals surface area contributed by atoms with E-state index in [0.717, 1.165) is 5.39 Å². The first-order valence-corrected chi connectivity index (χ1v) is 14.4. The molecule has 0 amide bonds. The zero-order valence-corrected chi connectivity index (χ0v) is 23.6. The maximum atomic E-state index is 9.54. The molecule has 0 spiro atoms. The summed E-state index contributed by atoms with van der Waals surface area (Å²) in [5, 5.41) is 1.23. The molecule has 0 fully saturated rings. The van der Waals surface area contributed by atoms with Gasteiger partial charge in [-0.1, -0.05) is 151 Å². The minimum Gasteiger partial charge on any atom is -0.456 e. The Hall–Kier alpha value is -5.92. The molecule has 0 radical (unpaired) electrons. The molecule has 9 aromatic rings. The predicted octanol–water partition coefficient (Wildman–Crippen LogP) is 12.6. The highest BCUT2D eigenvalue weighted by molar-refractivity contribution is 6.24. The molecule has 0 N–H and O–H groups in total. The lowest BCUT2D eigenvalue weighted by Gasteiger charge is -2.21. The van der Waals surface area contributed by atoms with Crippen molar-refractivity contribution >= 4 is 43.5 Å². The van der Waals surface area contributed by atoms with Crippen LogP contribution >= 0.6 is 0 Å². The number of fused-ring (bicyclic) bond motifs is 5. The lowest BCUT2D eigenvalue weighted by Crippen LogP contribution is -1.94. The van der Waals surface area contributed by atoms with Crippen molar-refractivity contribution in [1.82, 2.24) is 0 Å². The Labute approximate surface area is 279 Å². The van der Waals surface area contributed by atoms with Crippen molar-refractivity contribution in [3.05, 3.63) is 170 Å². The molecule has 0 saturated heterocycles. The fraction of sp³-hybridized carbons (Fsp3) is 0. The van der Waals surface area contributed by atoms with E-state index in [1.165, 1.54) is 6.07 Å². The van der Waals surface area contributed by atoms with Crippen molar-refractivity contribution < 1.29 is 22.2 Å². The zero-order valence-electron chi connectivity index (χ0n) is 36.6. The van der Waals surface area contributed by atoms with E-state index in [-0.39, 0.29) is 49.4 Å². The van der Waals surface area contributed by atoms with Crippen molar-refractivity contribution in [2.24, 2.45) is 0 Å². The summed E-state index contributed by atoms with van der Waals surface area (Å²) in [6.45, 7) is 0. The van der Waals surface area contributed by atoms with Gasteiger partial charge in [0.2, 0.25) is 0 Å². The van der Waals surface area contributed by atoms with E-state index in [1.807, 2.05) is 66.7 Å². The number of hydrogen-bond donors (Lipinski definition) is 0. The molecule has 0 aliphatic heterocycles. The first-order valence-electron chi connectivity index (χ1n) is 20.9. The van der Waals surface area contributed by atoms with E-state index in [0.29, 0.717) is 33.2 Å². The molecule has 210 valence electrons. The Morgan fingerprint density at radius 1 is 0.356 bits per heavy atom. The highest BCUT2D eigenvalue weighted by Gasteiger charge is 2.22. The molecule has 0 unspecified atom stereocenters. The van der Waals surface area contributed by atoms with E-state index in [1.54, 1.807) is 18.2 Å². The topological polar surface area (TPSA) is 13.1 Å². The van der Waals surface area contributed by atoms with Gasteiger partial charge in [-0.15, -0.1) is 0 Å². The summed E-state index contributed by atoms with van der Waals surface area (Å²) in [4.78, 5) is 0. The van der Waals surface area contributed by atoms with Gasteiger partial charge in [-0.3, -0.25) is 0 Å².